The first-order valence-electron chi connectivity index (χ1n) is 10.4. The number of alkyl halides is 3. The lowest BCUT2D eigenvalue weighted by atomic mass is 10.0. The fraction of sp³-hybridized carbons (Fsp3) is 0.571. The summed E-state index contributed by atoms with van der Waals surface area (Å²) in [6.45, 7) is 6.62. The van der Waals surface area contributed by atoms with Crippen LogP contribution in [-0.2, 0) is 41.0 Å². The normalized spacial score (nSPS) is 16.4. The lowest BCUT2D eigenvalue weighted by molar-refractivity contribution is -0.192. The molecule has 3 rings (SSSR count). The SMILES string of the molecule is COCCNC(=O)CC1CN(Cc2cc(C)nn2C)Cc2cccn2C1.O=C(O)C(F)(F)F. The quantitative estimate of drug-likeness (QED) is 0.596. The van der Waals surface area contributed by atoms with E-state index in [0.717, 1.165) is 31.9 Å². The molecule has 33 heavy (non-hydrogen) atoms. The Hall–Kier alpha value is -2.86. The molecule has 1 unspecified atom stereocenters. The Balaban J connectivity index is 0.000000479. The van der Waals surface area contributed by atoms with Crippen molar-refractivity contribution in [1.29, 1.82) is 0 Å². The van der Waals surface area contributed by atoms with E-state index in [-0.39, 0.29) is 11.8 Å². The van der Waals surface area contributed by atoms with Gasteiger partial charge in [-0.25, -0.2) is 4.79 Å². The third kappa shape index (κ3) is 8.54. The molecule has 0 radical (unpaired) electrons. The number of hydrogen-bond acceptors (Lipinski definition) is 5. The maximum absolute atomic E-state index is 12.3. The molecule has 0 aromatic carbocycles. The number of hydrogen-bond donors (Lipinski definition) is 2. The van der Waals surface area contributed by atoms with Gasteiger partial charge in [-0.05, 0) is 31.0 Å². The number of methoxy groups -OCH3 is 1. The van der Waals surface area contributed by atoms with Crippen LogP contribution in [0.25, 0.3) is 0 Å². The zero-order chi connectivity index (χ0) is 24.6. The largest absolute Gasteiger partial charge is 0.490 e. The maximum atomic E-state index is 12.3. The summed E-state index contributed by atoms with van der Waals surface area (Å²) in [4.78, 5) is 23.6. The Morgan fingerprint density at radius 3 is 2.61 bits per heavy atom. The van der Waals surface area contributed by atoms with Gasteiger partial charge in [-0.2, -0.15) is 18.3 Å². The number of rotatable bonds is 7. The number of nitrogens with one attached hydrogen (secondary N) is 1. The molecule has 0 bridgehead atoms. The van der Waals surface area contributed by atoms with E-state index in [1.165, 1.54) is 11.4 Å². The first-order valence-corrected chi connectivity index (χ1v) is 10.4. The Labute approximate surface area is 190 Å². The number of amides is 1. The van der Waals surface area contributed by atoms with Crippen molar-refractivity contribution >= 4 is 11.9 Å². The Kier molecular flexibility index (Phi) is 9.47. The fourth-order valence-electron chi connectivity index (χ4n) is 3.68. The van der Waals surface area contributed by atoms with Crippen LogP contribution in [0.4, 0.5) is 13.2 Å². The van der Waals surface area contributed by atoms with E-state index in [4.69, 9.17) is 14.6 Å². The lowest BCUT2D eigenvalue weighted by Gasteiger charge is -2.23. The van der Waals surface area contributed by atoms with Crippen LogP contribution in [0.3, 0.4) is 0 Å². The fourth-order valence-corrected chi connectivity index (χ4v) is 3.68. The number of halogens is 3. The van der Waals surface area contributed by atoms with E-state index in [1.807, 2.05) is 18.7 Å². The smallest absolute Gasteiger partial charge is 0.475 e. The Morgan fingerprint density at radius 2 is 2.03 bits per heavy atom. The summed E-state index contributed by atoms with van der Waals surface area (Å²) in [5.74, 6) is -2.38. The van der Waals surface area contributed by atoms with Gasteiger partial charge in [0.1, 0.15) is 0 Å². The number of aryl methyl sites for hydroxylation is 2. The molecular weight excluding hydrogens is 443 g/mol. The van der Waals surface area contributed by atoms with Crippen LogP contribution in [0, 0.1) is 12.8 Å². The van der Waals surface area contributed by atoms with Gasteiger partial charge in [0.25, 0.3) is 0 Å². The molecule has 1 atom stereocenters. The van der Waals surface area contributed by atoms with Gasteiger partial charge in [-0.3, -0.25) is 14.4 Å². The summed E-state index contributed by atoms with van der Waals surface area (Å²) in [7, 11) is 3.63. The molecule has 2 N–H and O–H groups in total. The molecule has 12 heteroatoms. The first-order chi connectivity index (χ1) is 15.5. The average molecular weight is 473 g/mol. The van der Waals surface area contributed by atoms with Gasteiger partial charge in [0.15, 0.2) is 0 Å². The number of carbonyl (C=O) groups excluding carboxylic acids is 1. The van der Waals surface area contributed by atoms with E-state index >= 15 is 0 Å². The topological polar surface area (TPSA) is 102 Å². The van der Waals surface area contributed by atoms with Crippen LogP contribution < -0.4 is 5.32 Å². The molecule has 0 saturated heterocycles. The minimum absolute atomic E-state index is 0.0963. The van der Waals surface area contributed by atoms with Gasteiger partial charge in [0, 0.05) is 65.2 Å². The standard InChI is InChI=1S/C19H29N5O2.C2HF3O2/c1-15-9-18(22(2)21-15)14-23-11-16(10-19(25)20-6-8-26-3)12-24-7-4-5-17(24)13-23;3-2(4,5)1(6)7/h4-5,7,9,16H,6,8,10-14H2,1-3H3,(H,20,25);(H,6,7). The van der Waals surface area contributed by atoms with E-state index in [2.05, 4.69) is 44.3 Å². The minimum Gasteiger partial charge on any atom is -0.475 e. The first kappa shape index (κ1) is 26.4. The number of aliphatic carboxylic acids is 1. The van der Waals surface area contributed by atoms with Crippen molar-refractivity contribution in [3.8, 4) is 0 Å². The third-order valence-corrected chi connectivity index (χ3v) is 5.11. The minimum atomic E-state index is -5.08. The van der Waals surface area contributed by atoms with Gasteiger partial charge in [0.2, 0.25) is 5.91 Å². The number of aromatic nitrogens is 3. The van der Waals surface area contributed by atoms with Crippen LogP contribution in [0.15, 0.2) is 24.4 Å². The van der Waals surface area contributed by atoms with E-state index < -0.39 is 12.1 Å². The maximum Gasteiger partial charge on any atom is 0.490 e. The lowest BCUT2D eigenvalue weighted by Crippen LogP contribution is -2.33. The van der Waals surface area contributed by atoms with Crippen molar-refractivity contribution in [3.63, 3.8) is 0 Å². The molecule has 9 nitrogen and oxygen atoms in total. The van der Waals surface area contributed by atoms with Crippen molar-refractivity contribution in [1.82, 2.24) is 24.6 Å². The summed E-state index contributed by atoms with van der Waals surface area (Å²) in [6.07, 6.45) is -2.44. The van der Waals surface area contributed by atoms with Crippen LogP contribution in [0.5, 0.6) is 0 Å². The molecule has 0 fully saturated rings. The summed E-state index contributed by atoms with van der Waals surface area (Å²) in [6, 6.07) is 6.39. The molecule has 0 aliphatic carbocycles. The summed E-state index contributed by atoms with van der Waals surface area (Å²) in [5, 5.41) is 14.5. The van der Waals surface area contributed by atoms with E-state index in [1.54, 1.807) is 7.11 Å². The highest BCUT2D eigenvalue weighted by atomic mass is 19.4. The highest BCUT2D eigenvalue weighted by Crippen LogP contribution is 2.21. The molecule has 1 aliphatic heterocycles. The van der Waals surface area contributed by atoms with Crippen molar-refractivity contribution in [2.45, 2.75) is 39.2 Å². The average Bonchev–Trinajstić information content (AvgIpc) is 3.22. The van der Waals surface area contributed by atoms with E-state index in [9.17, 15) is 18.0 Å². The second kappa shape index (κ2) is 11.8. The van der Waals surface area contributed by atoms with Crippen molar-refractivity contribution in [2.24, 2.45) is 13.0 Å². The van der Waals surface area contributed by atoms with Crippen LogP contribution in [0.2, 0.25) is 0 Å². The number of carboxylic acids is 1. The predicted molar refractivity (Wildman–Crippen MR) is 113 cm³/mol. The molecule has 2 aromatic rings. The summed E-state index contributed by atoms with van der Waals surface area (Å²) < 4.78 is 41.0. The number of nitrogens with zero attached hydrogens (tertiary/aromatic N) is 4. The van der Waals surface area contributed by atoms with Gasteiger partial charge in [0.05, 0.1) is 18.0 Å². The summed E-state index contributed by atoms with van der Waals surface area (Å²) in [5.41, 5.74) is 3.53. The Bertz CT molecular complexity index is 925. The molecule has 184 valence electrons. The van der Waals surface area contributed by atoms with Gasteiger partial charge in [-0.15, -0.1) is 0 Å². The number of fused-ring (bicyclic) bond motifs is 1. The zero-order valence-corrected chi connectivity index (χ0v) is 18.9. The number of carboxylic acid groups (broad SMARTS) is 1. The number of ether oxygens (including phenoxy) is 1. The molecule has 2 aromatic heterocycles. The van der Waals surface area contributed by atoms with E-state index in [0.29, 0.717) is 19.6 Å². The van der Waals surface area contributed by atoms with Crippen LogP contribution in [0.1, 0.15) is 23.5 Å². The van der Waals surface area contributed by atoms with Gasteiger partial charge in [-0.1, -0.05) is 0 Å². The van der Waals surface area contributed by atoms with Crippen molar-refractivity contribution < 1.29 is 32.6 Å². The molecule has 3 heterocycles. The molecular formula is C21H30F3N5O4. The van der Waals surface area contributed by atoms with Gasteiger partial charge < -0.3 is 19.7 Å². The van der Waals surface area contributed by atoms with Gasteiger partial charge >= 0.3 is 12.1 Å². The molecule has 1 aliphatic rings. The third-order valence-electron chi connectivity index (χ3n) is 5.11. The zero-order valence-electron chi connectivity index (χ0n) is 18.9. The van der Waals surface area contributed by atoms with Crippen molar-refractivity contribution in [3.05, 3.63) is 41.5 Å². The second-order valence-corrected chi connectivity index (χ2v) is 7.94. The van der Waals surface area contributed by atoms with Crippen LogP contribution >= 0.6 is 0 Å². The summed E-state index contributed by atoms with van der Waals surface area (Å²) >= 11 is 0. The molecule has 0 spiro atoms. The highest BCUT2D eigenvalue weighted by Gasteiger charge is 2.38. The van der Waals surface area contributed by atoms with Crippen molar-refractivity contribution in [2.75, 3.05) is 26.8 Å². The molecule has 1 amide bonds. The second-order valence-electron chi connectivity index (χ2n) is 7.94. The molecule has 0 saturated carbocycles. The Morgan fingerprint density at radius 1 is 1.33 bits per heavy atom. The monoisotopic (exact) mass is 473 g/mol. The highest BCUT2D eigenvalue weighted by molar-refractivity contribution is 5.76. The number of carbonyl (C=O) groups is 2. The predicted octanol–water partition coefficient (Wildman–Crippen LogP) is 1.95. The van der Waals surface area contributed by atoms with Crippen LogP contribution in [-0.4, -0.2) is 69.2 Å².